The van der Waals surface area contributed by atoms with Gasteiger partial charge in [0.05, 0.1) is 4.90 Å². The van der Waals surface area contributed by atoms with Crippen molar-refractivity contribution < 1.29 is 37.1 Å². The number of amides is 4. The third-order valence-corrected chi connectivity index (χ3v) is 15.1. The average Bonchev–Trinajstić information content (AvgIpc) is 3.62. The van der Waals surface area contributed by atoms with Gasteiger partial charge in [-0.05, 0) is 85.8 Å². The van der Waals surface area contributed by atoms with E-state index in [1.807, 2.05) is 44.2 Å². The summed E-state index contributed by atoms with van der Waals surface area (Å²) in [6, 6.07) is 13.4. The number of benzene rings is 2. The molecule has 2 aromatic carbocycles. The Balaban J connectivity index is 1.09. The van der Waals surface area contributed by atoms with Crippen molar-refractivity contribution >= 4 is 33.8 Å². The van der Waals surface area contributed by atoms with E-state index in [4.69, 9.17) is 9.47 Å². The Hall–Kier alpha value is -4.39. The van der Waals surface area contributed by atoms with Crippen molar-refractivity contribution in [3.8, 4) is 5.75 Å². The van der Waals surface area contributed by atoms with Crippen LogP contribution in [0.5, 0.6) is 5.75 Å². The summed E-state index contributed by atoms with van der Waals surface area (Å²) in [5.74, 6) is -2.31. The predicted octanol–water partition coefficient (Wildman–Crippen LogP) is 5.62. The van der Waals surface area contributed by atoms with E-state index in [0.717, 1.165) is 50.5 Å². The maximum Gasteiger partial charge on any atom is 0.408 e. The van der Waals surface area contributed by atoms with Crippen molar-refractivity contribution in [2.75, 3.05) is 6.54 Å². The molecular formula is C42H54N4O8S. The molecule has 7 rings (SSSR count). The highest BCUT2D eigenvalue weighted by atomic mass is 32.2. The molecule has 5 atom stereocenters. The molecule has 55 heavy (non-hydrogen) atoms. The lowest BCUT2D eigenvalue weighted by molar-refractivity contribution is -0.141. The fourth-order valence-electron chi connectivity index (χ4n) is 10.2. The van der Waals surface area contributed by atoms with Crippen molar-refractivity contribution in [3.05, 3.63) is 72.8 Å². The molecule has 5 aliphatic rings. The van der Waals surface area contributed by atoms with Gasteiger partial charge in [-0.2, -0.15) is 0 Å². The molecule has 5 fully saturated rings. The highest BCUT2D eigenvalue weighted by molar-refractivity contribution is 7.90. The molecule has 1 aliphatic heterocycles. The van der Waals surface area contributed by atoms with E-state index in [0.29, 0.717) is 18.7 Å². The van der Waals surface area contributed by atoms with Crippen LogP contribution in [0.25, 0.3) is 0 Å². The van der Waals surface area contributed by atoms with E-state index >= 15 is 0 Å². The molecule has 2 spiro atoms. The second kappa shape index (κ2) is 14.3. The van der Waals surface area contributed by atoms with Crippen LogP contribution in [0.15, 0.2) is 72.1 Å². The molecule has 4 amide bonds. The number of ether oxygens (including phenoxy) is 2. The summed E-state index contributed by atoms with van der Waals surface area (Å²) in [5, 5.41) is 5.73. The van der Waals surface area contributed by atoms with Gasteiger partial charge in [0, 0.05) is 23.9 Å². The van der Waals surface area contributed by atoms with Gasteiger partial charge in [0.2, 0.25) is 11.8 Å². The molecule has 2 aromatic rings. The molecule has 3 N–H and O–H groups in total. The molecule has 1 saturated heterocycles. The Bertz CT molecular complexity index is 1960. The van der Waals surface area contributed by atoms with Crippen molar-refractivity contribution in [2.45, 2.75) is 121 Å². The van der Waals surface area contributed by atoms with Gasteiger partial charge < -0.3 is 25.0 Å². The largest absolute Gasteiger partial charge is 0.489 e. The lowest BCUT2D eigenvalue weighted by Gasteiger charge is -2.32. The highest BCUT2D eigenvalue weighted by Gasteiger charge is 2.85. The van der Waals surface area contributed by atoms with E-state index in [2.05, 4.69) is 35.8 Å². The Kier molecular flexibility index (Phi) is 10.1. The zero-order valence-electron chi connectivity index (χ0n) is 32.3. The van der Waals surface area contributed by atoms with Crippen molar-refractivity contribution in [1.82, 2.24) is 20.3 Å². The topological polar surface area (TPSA) is 160 Å². The van der Waals surface area contributed by atoms with Crippen molar-refractivity contribution in [3.63, 3.8) is 0 Å². The van der Waals surface area contributed by atoms with E-state index in [-0.39, 0.29) is 52.1 Å². The van der Waals surface area contributed by atoms with Gasteiger partial charge in [0.1, 0.15) is 36.1 Å². The SMILES string of the molecule is C=C[C@@H]1C[C@]1(NC(=O)[C@@H]1C[C@@]2(CN1C(=O)[C@@H](NC(=O)OC1CCCC1)C(C)C)C(C)(C)C21CCC1)C(=O)NS(=O)(=O)c1cccc(OCc2ccccc2)c1. The summed E-state index contributed by atoms with van der Waals surface area (Å²) in [6.45, 7) is 12.5. The molecule has 13 heteroatoms. The number of nitrogens with zero attached hydrogens (tertiary/aromatic N) is 1. The minimum absolute atomic E-state index is 0.00143. The first kappa shape index (κ1) is 38.9. The summed E-state index contributed by atoms with van der Waals surface area (Å²) in [5.41, 5.74) is -1.10. The molecule has 0 unspecified atom stereocenters. The number of sulfonamides is 1. The Labute approximate surface area is 324 Å². The molecule has 0 bridgehead atoms. The number of carbonyl (C=O) groups excluding carboxylic acids is 4. The number of hydrogen-bond acceptors (Lipinski definition) is 8. The molecule has 4 saturated carbocycles. The lowest BCUT2D eigenvalue weighted by Crippen LogP contribution is -2.59. The molecule has 4 aliphatic carbocycles. The number of carbonyl (C=O) groups is 4. The minimum atomic E-state index is -4.38. The number of alkyl carbamates (subject to hydrolysis) is 1. The predicted molar refractivity (Wildman–Crippen MR) is 205 cm³/mol. The minimum Gasteiger partial charge on any atom is -0.489 e. The van der Waals surface area contributed by atoms with Crippen LogP contribution in [0.1, 0.15) is 91.0 Å². The summed E-state index contributed by atoms with van der Waals surface area (Å²) in [4.78, 5) is 57.5. The van der Waals surface area contributed by atoms with Gasteiger partial charge in [-0.25, -0.2) is 17.9 Å². The fourth-order valence-corrected chi connectivity index (χ4v) is 11.2. The normalized spacial score (nSPS) is 27.9. The van der Waals surface area contributed by atoms with Gasteiger partial charge in [0.15, 0.2) is 0 Å². The molecule has 1 heterocycles. The number of fused-ring (bicyclic) bond motifs is 1. The van der Waals surface area contributed by atoms with Crippen LogP contribution in [0.2, 0.25) is 0 Å². The molecule has 0 aromatic heterocycles. The van der Waals surface area contributed by atoms with Crippen LogP contribution >= 0.6 is 0 Å². The van der Waals surface area contributed by atoms with E-state index < -0.39 is 51.5 Å². The van der Waals surface area contributed by atoms with Crippen LogP contribution in [0.3, 0.4) is 0 Å². The van der Waals surface area contributed by atoms with Crippen molar-refractivity contribution in [1.29, 1.82) is 0 Å². The Morgan fingerprint density at radius 2 is 1.67 bits per heavy atom. The number of nitrogens with one attached hydrogen (secondary N) is 3. The van der Waals surface area contributed by atoms with Gasteiger partial charge in [-0.15, -0.1) is 6.58 Å². The smallest absolute Gasteiger partial charge is 0.408 e. The van der Waals surface area contributed by atoms with Crippen LogP contribution in [0.4, 0.5) is 4.79 Å². The quantitative estimate of drug-likeness (QED) is 0.221. The Morgan fingerprint density at radius 3 is 2.27 bits per heavy atom. The van der Waals surface area contributed by atoms with E-state index in [1.54, 1.807) is 11.0 Å². The Morgan fingerprint density at radius 1 is 0.964 bits per heavy atom. The standard InChI is InChI=1S/C42H54N4O8S/c1-6-29-23-42(29,37(49)45-55(51,52)32-19-12-18-31(22-32)53-25-28-14-8-7-9-15-28)44-35(47)33-24-41(39(4,5)40(41)20-13-21-40)26-46(33)36(48)34(27(2)3)43-38(50)54-30-16-10-11-17-30/h6-9,12,14-15,18-19,22,27,29-30,33-34H,1,10-11,13,16-17,20-21,23-26H2,2-5H3,(H,43,50)(H,44,47)(H,45,49)/t29-,33+,34+,41-,42-/m1/s1. The van der Waals surface area contributed by atoms with E-state index in [9.17, 15) is 27.6 Å². The number of likely N-dealkylation sites (tertiary alicyclic amines) is 1. The first-order chi connectivity index (χ1) is 26.1. The lowest BCUT2D eigenvalue weighted by atomic mass is 9.73. The van der Waals surface area contributed by atoms with Crippen LogP contribution in [-0.2, 0) is 35.8 Å². The second-order valence-corrected chi connectivity index (χ2v) is 18.9. The molecule has 296 valence electrons. The molecular weight excluding hydrogens is 721 g/mol. The third kappa shape index (κ3) is 6.69. The monoisotopic (exact) mass is 774 g/mol. The first-order valence-electron chi connectivity index (χ1n) is 19.7. The van der Waals surface area contributed by atoms with Crippen LogP contribution in [-0.4, -0.2) is 67.4 Å². The average molecular weight is 775 g/mol. The fraction of sp³-hybridized carbons (Fsp3) is 0.571. The summed E-state index contributed by atoms with van der Waals surface area (Å²) >= 11 is 0. The van der Waals surface area contributed by atoms with Gasteiger partial charge in [-0.3, -0.25) is 14.4 Å². The number of hydrogen-bond donors (Lipinski definition) is 3. The summed E-state index contributed by atoms with van der Waals surface area (Å²) in [7, 11) is -4.38. The molecule has 0 radical (unpaired) electrons. The highest BCUT2D eigenvalue weighted by Crippen LogP contribution is 2.88. The second-order valence-electron chi connectivity index (χ2n) is 17.2. The third-order valence-electron chi connectivity index (χ3n) is 13.8. The first-order valence-corrected chi connectivity index (χ1v) is 21.1. The maximum atomic E-state index is 14.5. The summed E-state index contributed by atoms with van der Waals surface area (Å²) < 4.78 is 40.9. The van der Waals surface area contributed by atoms with Crippen LogP contribution in [0, 0.1) is 28.1 Å². The van der Waals surface area contributed by atoms with Crippen molar-refractivity contribution in [2.24, 2.45) is 28.1 Å². The number of rotatable bonds is 13. The zero-order chi connectivity index (χ0) is 39.4. The van der Waals surface area contributed by atoms with E-state index in [1.165, 1.54) is 24.3 Å². The maximum absolute atomic E-state index is 14.5. The zero-order valence-corrected chi connectivity index (χ0v) is 33.1. The summed E-state index contributed by atoms with van der Waals surface area (Å²) in [6.07, 6.45) is 7.93. The van der Waals surface area contributed by atoms with Gasteiger partial charge >= 0.3 is 6.09 Å². The van der Waals surface area contributed by atoms with Gasteiger partial charge in [0.25, 0.3) is 15.9 Å². The molecule has 12 nitrogen and oxygen atoms in total. The van der Waals surface area contributed by atoms with Gasteiger partial charge in [-0.1, -0.05) is 76.6 Å². The van der Waals surface area contributed by atoms with Crippen LogP contribution < -0.4 is 20.1 Å².